The predicted molar refractivity (Wildman–Crippen MR) is 34.0 cm³/mol. The van der Waals surface area contributed by atoms with E-state index in [9.17, 15) is 0 Å². The summed E-state index contributed by atoms with van der Waals surface area (Å²) in [6, 6.07) is 3.73. The van der Waals surface area contributed by atoms with Crippen LogP contribution in [0.4, 0.5) is 0 Å². The minimum atomic E-state index is 0.894. The Bertz CT molecular complexity index is 283. The van der Waals surface area contributed by atoms with Crippen LogP contribution in [0.15, 0.2) is 35.2 Å². The number of fused-ring (bicyclic) bond motifs is 1. The summed E-state index contributed by atoms with van der Waals surface area (Å²) >= 11 is 0. The first-order chi connectivity index (χ1) is 4.47. The molecule has 0 bridgehead atoms. The highest BCUT2D eigenvalue weighted by molar-refractivity contribution is 5.75. The molecule has 0 aliphatic carbocycles. The zero-order chi connectivity index (χ0) is 6.10. The van der Waals surface area contributed by atoms with E-state index in [1.165, 1.54) is 0 Å². The van der Waals surface area contributed by atoms with Crippen LogP contribution >= 0.6 is 0 Å². The Morgan fingerprint density at radius 3 is 3.22 bits per heavy atom. The zero-order valence-corrected chi connectivity index (χ0v) is 4.74. The lowest BCUT2D eigenvalue weighted by molar-refractivity contribution is 0.615. The van der Waals surface area contributed by atoms with Gasteiger partial charge in [-0.05, 0) is 12.1 Å². The highest BCUT2D eigenvalue weighted by atomic mass is 16.3. The van der Waals surface area contributed by atoms with Crippen molar-refractivity contribution in [1.82, 2.24) is 4.98 Å². The molecule has 0 spiro atoms. The van der Waals surface area contributed by atoms with Gasteiger partial charge in [-0.2, -0.15) is 0 Å². The fourth-order valence-electron chi connectivity index (χ4n) is 0.807. The normalized spacial score (nSPS) is 10.2. The van der Waals surface area contributed by atoms with Crippen molar-refractivity contribution in [3.05, 3.63) is 30.8 Å². The van der Waals surface area contributed by atoms with Crippen LogP contribution < -0.4 is 0 Å². The van der Waals surface area contributed by atoms with Gasteiger partial charge in [0.05, 0.1) is 6.26 Å². The molecule has 0 atom stereocenters. The average molecular weight is 119 g/mol. The minimum absolute atomic E-state index is 0.894. The lowest BCUT2D eigenvalue weighted by Crippen LogP contribution is -1.65. The van der Waals surface area contributed by atoms with Gasteiger partial charge in [-0.1, -0.05) is 0 Å². The molecule has 2 heteroatoms. The van der Waals surface area contributed by atoms with Gasteiger partial charge in [0.15, 0.2) is 0 Å². The van der Waals surface area contributed by atoms with Crippen LogP contribution in [0.25, 0.3) is 11.0 Å². The Morgan fingerprint density at radius 2 is 2.33 bits per heavy atom. The van der Waals surface area contributed by atoms with E-state index in [1.807, 2.05) is 12.1 Å². The van der Waals surface area contributed by atoms with Crippen molar-refractivity contribution in [2.24, 2.45) is 0 Å². The molecule has 44 valence electrons. The number of rotatable bonds is 0. The maximum Gasteiger partial charge on any atom is 0.136 e. The van der Waals surface area contributed by atoms with Crippen LogP contribution in [0.3, 0.4) is 0 Å². The van der Waals surface area contributed by atoms with Crippen LogP contribution in [-0.4, -0.2) is 4.98 Å². The van der Waals surface area contributed by atoms with Gasteiger partial charge in [-0.15, -0.1) is 0 Å². The molecule has 2 aromatic rings. The molecule has 9 heavy (non-hydrogen) atoms. The quantitative estimate of drug-likeness (QED) is 0.528. The molecule has 0 amide bonds. The van der Waals surface area contributed by atoms with Gasteiger partial charge in [-0.3, -0.25) is 4.98 Å². The van der Waals surface area contributed by atoms with Crippen molar-refractivity contribution in [1.29, 1.82) is 0 Å². The van der Waals surface area contributed by atoms with E-state index in [0.717, 1.165) is 11.0 Å². The molecule has 2 rings (SSSR count). The summed E-state index contributed by atoms with van der Waals surface area (Å²) in [7, 11) is 0. The van der Waals surface area contributed by atoms with Gasteiger partial charge in [0, 0.05) is 17.8 Å². The standard InChI is InChI=1S/C7H5NO/c1-3-8-5-6-2-4-9-7(1)6/h1-5H. The number of pyridine rings is 1. The van der Waals surface area contributed by atoms with E-state index in [1.54, 1.807) is 18.7 Å². The molecule has 0 aliphatic rings. The summed E-state index contributed by atoms with van der Waals surface area (Å²) in [5, 5.41) is 1.05. The summed E-state index contributed by atoms with van der Waals surface area (Å²) in [5.74, 6) is 0. The second-order valence-electron chi connectivity index (χ2n) is 1.83. The summed E-state index contributed by atoms with van der Waals surface area (Å²) in [6.45, 7) is 0. The van der Waals surface area contributed by atoms with Crippen LogP contribution in [0, 0.1) is 0 Å². The van der Waals surface area contributed by atoms with Crippen molar-refractivity contribution >= 4 is 11.0 Å². The average Bonchev–Trinajstić information content (AvgIpc) is 2.33. The second-order valence-corrected chi connectivity index (χ2v) is 1.83. The fourth-order valence-corrected chi connectivity index (χ4v) is 0.807. The van der Waals surface area contributed by atoms with E-state index < -0.39 is 0 Å². The third-order valence-corrected chi connectivity index (χ3v) is 1.25. The molecule has 0 fully saturated rings. The van der Waals surface area contributed by atoms with E-state index in [-0.39, 0.29) is 0 Å². The highest BCUT2D eigenvalue weighted by Crippen LogP contribution is 2.11. The lowest BCUT2D eigenvalue weighted by Gasteiger charge is -1.80. The molecule has 2 aromatic heterocycles. The van der Waals surface area contributed by atoms with Crippen molar-refractivity contribution in [2.45, 2.75) is 0 Å². The Morgan fingerprint density at radius 1 is 1.33 bits per heavy atom. The molecule has 0 aromatic carbocycles. The molecule has 0 unspecified atom stereocenters. The van der Waals surface area contributed by atoms with Crippen LogP contribution in [0.2, 0.25) is 0 Å². The smallest absolute Gasteiger partial charge is 0.136 e. The summed E-state index contributed by atoms with van der Waals surface area (Å²) in [5.41, 5.74) is 0.894. The number of furan rings is 1. The zero-order valence-electron chi connectivity index (χ0n) is 4.74. The van der Waals surface area contributed by atoms with Crippen molar-refractivity contribution in [2.75, 3.05) is 0 Å². The van der Waals surface area contributed by atoms with Gasteiger partial charge >= 0.3 is 0 Å². The third-order valence-electron chi connectivity index (χ3n) is 1.25. The van der Waals surface area contributed by atoms with Gasteiger partial charge in [0.25, 0.3) is 0 Å². The van der Waals surface area contributed by atoms with Crippen molar-refractivity contribution < 1.29 is 4.42 Å². The lowest BCUT2D eigenvalue weighted by atomic mass is 10.3. The van der Waals surface area contributed by atoms with Gasteiger partial charge < -0.3 is 4.42 Å². The van der Waals surface area contributed by atoms with Crippen molar-refractivity contribution in [3.63, 3.8) is 0 Å². The Labute approximate surface area is 52.1 Å². The van der Waals surface area contributed by atoms with Crippen LogP contribution in [0.1, 0.15) is 0 Å². The number of aromatic nitrogens is 1. The molecule has 0 N–H and O–H groups in total. The molecule has 0 saturated heterocycles. The number of hydrogen-bond acceptors (Lipinski definition) is 2. The predicted octanol–water partition coefficient (Wildman–Crippen LogP) is 1.83. The second kappa shape index (κ2) is 1.58. The largest absolute Gasteiger partial charge is 0.464 e. The van der Waals surface area contributed by atoms with E-state index in [2.05, 4.69) is 4.98 Å². The van der Waals surface area contributed by atoms with Gasteiger partial charge in [0.2, 0.25) is 0 Å². The maximum absolute atomic E-state index is 5.08. The van der Waals surface area contributed by atoms with Crippen LogP contribution in [0.5, 0.6) is 0 Å². The Kier molecular flexibility index (Phi) is 0.803. The molecule has 0 aliphatic heterocycles. The maximum atomic E-state index is 5.08. The summed E-state index contributed by atoms with van der Waals surface area (Å²) < 4.78 is 5.08. The topological polar surface area (TPSA) is 26.0 Å². The molecular formula is C7H5NO. The fraction of sp³-hybridized carbons (Fsp3) is 0. The monoisotopic (exact) mass is 119 g/mol. The van der Waals surface area contributed by atoms with E-state index in [0.29, 0.717) is 0 Å². The van der Waals surface area contributed by atoms with Crippen LogP contribution in [-0.2, 0) is 0 Å². The Balaban J connectivity index is 2.95. The summed E-state index contributed by atoms with van der Waals surface area (Å²) in [6.07, 6.45) is 5.15. The number of nitrogens with zero attached hydrogens (tertiary/aromatic N) is 1. The molecule has 2 heterocycles. The van der Waals surface area contributed by atoms with Gasteiger partial charge in [0.1, 0.15) is 5.58 Å². The number of hydrogen-bond donors (Lipinski definition) is 0. The van der Waals surface area contributed by atoms with E-state index in [4.69, 9.17) is 4.42 Å². The van der Waals surface area contributed by atoms with Gasteiger partial charge in [-0.25, -0.2) is 0 Å². The van der Waals surface area contributed by atoms with E-state index >= 15 is 0 Å². The first-order valence-electron chi connectivity index (χ1n) is 2.74. The SMILES string of the molecule is c1cc2occc2cn1. The molecule has 2 nitrogen and oxygen atoms in total. The highest BCUT2D eigenvalue weighted by Gasteiger charge is 1.90. The molecule has 0 radical (unpaired) electrons. The first kappa shape index (κ1) is 4.56. The summed E-state index contributed by atoms with van der Waals surface area (Å²) in [4.78, 5) is 3.93. The first-order valence-corrected chi connectivity index (χ1v) is 2.74. The minimum Gasteiger partial charge on any atom is -0.464 e. The van der Waals surface area contributed by atoms with Crippen molar-refractivity contribution in [3.8, 4) is 0 Å². The Hall–Kier alpha value is -1.31. The molecular weight excluding hydrogens is 114 g/mol. The molecule has 0 saturated carbocycles. The third kappa shape index (κ3) is 0.598.